The smallest absolute Gasteiger partial charge is 0.133 e. The Hall–Kier alpha value is -0.0600. The van der Waals surface area contributed by atoms with Crippen molar-refractivity contribution in [3.05, 3.63) is 27.1 Å². The van der Waals surface area contributed by atoms with Gasteiger partial charge in [0.2, 0.25) is 0 Å². The van der Waals surface area contributed by atoms with Gasteiger partial charge in [0.05, 0.1) is 11.1 Å². The summed E-state index contributed by atoms with van der Waals surface area (Å²) >= 11 is 6.93. The maximum absolute atomic E-state index is 5.79. The standard InChI is InChI=1S/C13H17Br2NO/c14-10-4-5-13(12(15)9-10)17-8-6-11-3-1-2-7-16-11/h4-5,9,11,16H,1-3,6-8H2/t11-/m1/s1. The number of piperidine rings is 1. The van der Waals surface area contributed by atoms with Crippen LogP contribution in [0.2, 0.25) is 0 Å². The summed E-state index contributed by atoms with van der Waals surface area (Å²) in [6.07, 6.45) is 5.03. The molecule has 2 rings (SSSR count). The van der Waals surface area contributed by atoms with Crippen LogP contribution in [0.4, 0.5) is 0 Å². The molecule has 4 heteroatoms. The van der Waals surface area contributed by atoms with Crippen molar-refractivity contribution in [2.45, 2.75) is 31.7 Å². The van der Waals surface area contributed by atoms with Crippen molar-refractivity contribution >= 4 is 31.9 Å². The van der Waals surface area contributed by atoms with Crippen LogP contribution < -0.4 is 10.1 Å². The van der Waals surface area contributed by atoms with Crippen molar-refractivity contribution in [3.63, 3.8) is 0 Å². The summed E-state index contributed by atoms with van der Waals surface area (Å²) in [5.41, 5.74) is 0. The van der Waals surface area contributed by atoms with E-state index in [4.69, 9.17) is 4.74 Å². The molecule has 0 aromatic heterocycles. The lowest BCUT2D eigenvalue weighted by atomic mass is 10.0. The average molecular weight is 363 g/mol. The zero-order valence-corrected chi connectivity index (χ0v) is 12.9. The Balaban J connectivity index is 1.77. The van der Waals surface area contributed by atoms with Gasteiger partial charge in [-0.15, -0.1) is 0 Å². The predicted molar refractivity (Wildman–Crippen MR) is 77.6 cm³/mol. The molecule has 0 saturated carbocycles. The quantitative estimate of drug-likeness (QED) is 0.869. The topological polar surface area (TPSA) is 21.3 Å². The van der Waals surface area contributed by atoms with E-state index in [2.05, 4.69) is 37.2 Å². The molecule has 94 valence electrons. The second-order valence-corrected chi connectivity index (χ2v) is 6.13. The van der Waals surface area contributed by atoms with Crippen molar-refractivity contribution in [2.24, 2.45) is 0 Å². The second kappa shape index (κ2) is 6.76. The van der Waals surface area contributed by atoms with E-state index >= 15 is 0 Å². The highest BCUT2D eigenvalue weighted by Gasteiger charge is 2.12. The van der Waals surface area contributed by atoms with Crippen molar-refractivity contribution in [2.75, 3.05) is 13.2 Å². The van der Waals surface area contributed by atoms with Gasteiger partial charge in [-0.25, -0.2) is 0 Å². The van der Waals surface area contributed by atoms with Gasteiger partial charge in [0.25, 0.3) is 0 Å². The van der Waals surface area contributed by atoms with Crippen molar-refractivity contribution in [1.82, 2.24) is 5.32 Å². The molecule has 0 amide bonds. The summed E-state index contributed by atoms with van der Waals surface area (Å²) in [5.74, 6) is 0.920. The third kappa shape index (κ3) is 4.27. The first-order valence-corrected chi connectivity index (χ1v) is 7.65. The van der Waals surface area contributed by atoms with Gasteiger partial charge < -0.3 is 10.1 Å². The van der Waals surface area contributed by atoms with Crippen LogP contribution in [-0.2, 0) is 0 Å². The van der Waals surface area contributed by atoms with Crippen LogP contribution in [0.25, 0.3) is 0 Å². The lowest BCUT2D eigenvalue weighted by Gasteiger charge is -2.23. The molecular weight excluding hydrogens is 346 g/mol. The third-order valence-electron chi connectivity index (χ3n) is 3.03. The highest BCUT2D eigenvalue weighted by molar-refractivity contribution is 9.11. The predicted octanol–water partition coefficient (Wildman–Crippen LogP) is 4.12. The molecule has 1 saturated heterocycles. The van der Waals surface area contributed by atoms with E-state index in [9.17, 15) is 0 Å². The summed E-state index contributed by atoms with van der Waals surface area (Å²) in [6.45, 7) is 1.94. The molecule has 1 atom stereocenters. The minimum absolute atomic E-state index is 0.637. The van der Waals surface area contributed by atoms with Crippen molar-refractivity contribution in [3.8, 4) is 5.75 Å². The molecule has 0 spiro atoms. The number of rotatable bonds is 4. The largest absolute Gasteiger partial charge is 0.492 e. The van der Waals surface area contributed by atoms with Crippen LogP contribution in [0, 0.1) is 0 Å². The lowest BCUT2D eigenvalue weighted by Crippen LogP contribution is -2.35. The number of hydrogen-bond donors (Lipinski definition) is 1. The monoisotopic (exact) mass is 361 g/mol. The SMILES string of the molecule is Brc1ccc(OCC[C@H]2CCCCN2)c(Br)c1. The Labute approximate surface area is 119 Å². The van der Waals surface area contributed by atoms with Crippen LogP contribution in [-0.4, -0.2) is 19.2 Å². The van der Waals surface area contributed by atoms with Crippen LogP contribution >= 0.6 is 31.9 Å². The molecule has 1 fully saturated rings. The van der Waals surface area contributed by atoms with Gasteiger partial charge in [-0.1, -0.05) is 22.4 Å². The van der Waals surface area contributed by atoms with E-state index in [-0.39, 0.29) is 0 Å². The summed E-state index contributed by atoms with van der Waals surface area (Å²) < 4.78 is 7.85. The minimum Gasteiger partial charge on any atom is -0.492 e. The first-order chi connectivity index (χ1) is 8.25. The van der Waals surface area contributed by atoms with E-state index < -0.39 is 0 Å². The molecule has 1 aliphatic rings. The lowest BCUT2D eigenvalue weighted by molar-refractivity contribution is 0.267. The molecule has 1 aromatic rings. The number of benzene rings is 1. The highest BCUT2D eigenvalue weighted by atomic mass is 79.9. The maximum atomic E-state index is 5.79. The average Bonchev–Trinajstić information content (AvgIpc) is 2.33. The fourth-order valence-electron chi connectivity index (χ4n) is 2.07. The number of hydrogen-bond acceptors (Lipinski definition) is 2. The zero-order valence-electron chi connectivity index (χ0n) is 9.72. The molecule has 1 aromatic carbocycles. The van der Waals surface area contributed by atoms with Gasteiger partial charge in [-0.3, -0.25) is 0 Å². The molecule has 0 aliphatic carbocycles. The Kier molecular flexibility index (Phi) is 5.32. The summed E-state index contributed by atoms with van der Waals surface area (Å²) in [4.78, 5) is 0. The Morgan fingerprint density at radius 3 is 2.88 bits per heavy atom. The fraction of sp³-hybridized carbons (Fsp3) is 0.538. The highest BCUT2D eigenvalue weighted by Crippen LogP contribution is 2.28. The Morgan fingerprint density at radius 2 is 2.18 bits per heavy atom. The Bertz CT molecular complexity index is 364. The van der Waals surface area contributed by atoms with E-state index in [0.717, 1.165) is 34.3 Å². The summed E-state index contributed by atoms with van der Waals surface area (Å²) in [7, 11) is 0. The molecule has 1 heterocycles. The minimum atomic E-state index is 0.637. The molecular formula is C13H17Br2NO. The number of halogens is 2. The molecule has 0 bridgehead atoms. The third-order valence-corrected chi connectivity index (χ3v) is 4.14. The zero-order chi connectivity index (χ0) is 12.1. The number of ether oxygens (including phenoxy) is 1. The molecule has 1 N–H and O–H groups in total. The van der Waals surface area contributed by atoms with E-state index in [1.165, 1.54) is 19.3 Å². The van der Waals surface area contributed by atoms with Gasteiger partial charge in [0.15, 0.2) is 0 Å². The molecule has 17 heavy (non-hydrogen) atoms. The maximum Gasteiger partial charge on any atom is 0.133 e. The van der Waals surface area contributed by atoms with Gasteiger partial charge in [0.1, 0.15) is 5.75 Å². The van der Waals surface area contributed by atoms with Gasteiger partial charge in [0, 0.05) is 10.5 Å². The molecule has 1 aliphatic heterocycles. The van der Waals surface area contributed by atoms with Crippen LogP contribution in [0.15, 0.2) is 27.1 Å². The van der Waals surface area contributed by atoms with Gasteiger partial charge in [-0.05, 0) is 59.9 Å². The molecule has 2 nitrogen and oxygen atoms in total. The first-order valence-electron chi connectivity index (χ1n) is 6.07. The van der Waals surface area contributed by atoms with Gasteiger partial charge >= 0.3 is 0 Å². The molecule has 0 unspecified atom stereocenters. The van der Waals surface area contributed by atoms with Crippen LogP contribution in [0.1, 0.15) is 25.7 Å². The summed E-state index contributed by atoms with van der Waals surface area (Å²) in [5, 5.41) is 3.53. The normalized spacial score (nSPS) is 20.2. The van der Waals surface area contributed by atoms with E-state index in [1.54, 1.807) is 0 Å². The second-order valence-electron chi connectivity index (χ2n) is 4.36. The van der Waals surface area contributed by atoms with Crippen molar-refractivity contribution in [1.29, 1.82) is 0 Å². The number of nitrogens with one attached hydrogen (secondary N) is 1. The van der Waals surface area contributed by atoms with E-state index in [0.29, 0.717) is 6.04 Å². The van der Waals surface area contributed by atoms with Crippen LogP contribution in [0.3, 0.4) is 0 Å². The molecule has 0 radical (unpaired) electrons. The summed E-state index contributed by atoms with van der Waals surface area (Å²) in [6, 6.07) is 6.63. The van der Waals surface area contributed by atoms with Crippen LogP contribution in [0.5, 0.6) is 5.75 Å². The fourth-order valence-corrected chi connectivity index (χ4v) is 3.24. The van der Waals surface area contributed by atoms with Crippen molar-refractivity contribution < 1.29 is 4.74 Å². The van der Waals surface area contributed by atoms with Gasteiger partial charge in [-0.2, -0.15) is 0 Å². The first kappa shape index (κ1) is 13.4. The Morgan fingerprint density at radius 1 is 1.29 bits per heavy atom. The van der Waals surface area contributed by atoms with E-state index in [1.807, 2.05) is 18.2 Å².